The van der Waals surface area contributed by atoms with Crippen LogP contribution in [0.1, 0.15) is 30.3 Å². The summed E-state index contributed by atoms with van der Waals surface area (Å²) < 4.78 is 7.63. The number of carbonyl (C=O) groups is 1. The molecule has 0 saturated heterocycles. The molecule has 7 heteroatoms. The van der Waals surface area contributed by atoms with Crippen LogP contribution in [0.15, 0.2) is 29.1 Å². The SMILES string of the molecule is COC(=O)C1CCCc2nn(Cc3cccc(Cl)c3)c(=O)n21. The third-order valence-corrected chi connectivity index (χ3v) is 4.06. The summed E-state index contributed by atoms with van der Waals surface area (Å²) in [6.45, 7) is 0.327. The standard InChI is InChI=1S/C15H16ClN3O3/c1-22-14(20)12-6-3-7-13-17-18(15(21)19(12)13)9-10-4-2-5-11(16)8-10/h2,4-5,8,12H,3,6-7,9H2,1H3. The first-order chi connectivity index (χ1) is 10.6. The Morgan fingerprint density at radius 2 is 2.32 bits per heavy atom. The molecule has 1 atom stereocenters. The lowest BCUT2D eigenvalue weighted by Gasteiger charge is -2.20. The van der Waals surface area contributed by atoms with E-state index in [0.29, 0.717) is 30.2 Å². The number of halogens is 1. The van der Waals surface area contributed by atoms with Crippen LogP contribution in [-0.2, 0) is 22.5 Å². The fraction of sp³-hybridized carbons (Fsp3) is 0.400. The summed E-state index contributed by atoms with van der Waals surface area (Å²) in [6.07, 6.45) is 2.10. The van der Waals surface area contributed by atoms with Gasteiger partial charge in [-0.1, -0.05) is 23.7 Å². The molecule has 0 saturated carbocycles. The normalized spacial score (nSPS) is 17.1. The molecule has 1 aromatic heterocycles. The smallest absolute Gasteiger partial charge is 0.347 e. The van der Waals surface area contributed by atoms with E-state index in [0.717, 1.165) is 12.0 Å². The van der Waals surface area contributed by atoms with Gasteiger partial charge in [0, 0.05) is 11.4 Å². The number of ether oxygens (including phenoxy) is 1. The summed E-state index contributed by atoms with van der Waals surface area (Å²) in [6, 6.07) is 6.71. The van der Waals surface area contributed by atoms with E-state index in [1.165, 1.54) is 16.4 Å². The molecule has 2 heterocycles. The lowest BCUT2D eigenvalue weighted by Crippen LogP contribution is -2.35. The van der Waals surface area contributed by atoms with Crippen molar-refractivity contribution in [2.75, 3.05) is 7.11 Å². The van der Waals surface area contributed by atoms with Crippen molar-refractivity contribution in [1.82, 2.24) is 14.3 Å². The number of hydrogen-bond donors (Lipinski definition) is 0. The van der Waals surface area contributed by atoms with Crippen LogP contribution < -0.4 is 5.69 Å². The van der Waals surface area contributed by atoms with E-state index in [9.17, 15) is 9.59 Å². The van der Waals surface area contributed by atoms with Gasteiger partial charge >= 0.3 is 11.7 Å². The number of methoxy groups -OCH3 is 1. The molecule has 1 aromatic carbocycles. The van der Waals surface area contributed by atoms with Crippen molar-refractivity contribution in [2.24, 2.45) is 0 Å². The second-order valence-corrected chi connectivity index (χ2v) is 5.72. The van der Waals surface area contributed by atoms with Gasteiger partial charge in [-0.3, -0.25) is 4.57 Å². The summed E-state index contributed by atoms with van der Waals surface area (Å²) in [5.41, 5.74) is 0.602. The zero-order valence-electron chi connectivity index (χ0n) is 12.2. The summed E-state index contributed by atoms with van der Waals surface area (Å²) in [5.74, 6) is 0.235. The topological polar surface area (TPSA) is 66.1 Å². The monoisotopic (exact) mass is 321 g/mol. The lowest BCUT2D eigenvalue weighted by molar-refractivity contribution is -0.145. The molecular weight excluding hydrogens is 306 g/mol. The van der Waals surface area contributed by atoms with E-state index < -0.39 is 12.0 Å². The molecule has 1 aliphatic rings. The number of rotatable bonds is 3. The highest BCUT2D eigenvalue weighted by molar-refractivity contribution is 6.30. The molecule has 1 unspecified atom stereocenters. The van der Waals surface area contributed by atoms with Gasteiger partial charge in [-0.05, 0) is 30.5 Å². The zero-order chi connectivity index (χ0) is 15.7. The largest absolute Gasteiger partial charge is 0.467 e. The minimum absolute atomic E-state index is 0.287. The van der Waals surface area contributed by atoms with Gasteiger partial charge in [0.15, 0.2) is 0 Å². The Bertz CT molecular complexity index is 766. The van der Waals surface area contributed by atoms with Gasteiger partial charge in [0.05, 0.1) is 13.7 Å². The average Bonchev–Trinajstić information content (AvgIpc) is 2.83. The molecule has 116 valence electrons. The summed E-state index contributed by atoms with van der Waals surface area (Å²) in [4.78, 5) is 24.4. The highest BCUT2D eigenvalue weighted by Gasteiger charge is 2.31. The number of aryl methyl sites for hydroxylation is 1. The third kappa shape index (κ3) is 2.66. The van der Waals surface area contributed by atoms with Crippen LogP contribution in [0.3, 0.4) is 0 Å². The first-order valence-electron chi connectivity index (χ1n) is 7.10. The highest BCUT2D eigenvalue weighted by atomic mass is 35.5. The number of nitrogens with zero attached hydrogens (tertiary/aromatic N) is 3. The first-order valence-corrected chi connectivity index (χ1v) is 7.48. The van der Waals surface area contributed by atoms with E-state index in [4.69, 9.17) is 16.3 Å². The second kappa shape index (κ2) is 5.96. The Kier molecular flexibility index (Phi) is 4.02. The molecule has 0 bridgehead atoms. The molecule has 0 N–H and O–H groups in total. The zero-order valence-corrected chi connectivity index (χ0v) is 12.9. The average molecular weight is 322 g/mol. The van der Waals surface area contributed by atoms with E-state index in [2.05, 4.69) is 5.10 Å². The molecule has 0 radical (unpaired) electrons. The number of benzene rings is 1. The molecule has 0 amide bonds. The summed E-state index contributed by atoms with van der Waals surface area (Å²) >= 11 is 5.96. The number of carbonyl (C=O) groups excluding carboxylic acids is 1. The van der Waals surface area contributed by atoms with E-state index >= 15 is 0 Å². The van der Waals surface area contributed by atoms with Gasteiger partial charge in [-0.2, -0.15) is 5.10 Å². The van der Waals surface area contributed by atoms with Gasteiger partial charge in [-0.15, -0.1) is 0 Å². The minimum atomic E-state index is -0.575. The Hall–Kier alpha value is -2.08. The number of hydrogen-bond acceptors (Lipinski definition) is 4. The van der Waals surface area contributed by atoms with Crippen molar-refractivity contribution in [3.63, 3.8) is 0 Å². The predicted molar refractivity (Wildman–Crippen MR) is 81.0 cm³/mol. The number of fused-ring (bicyclic) bond motifs is 1. The molecule has 22 heavy (non-hydrogen) atoms. The summed E-state index contributed by atoms with van der Waals surface area (Å²) in [7, 11) is 1.33. The number of aromatic nitrogens is 3. The second-order valence-electron chi connectivity index (χ2n) is 5.29. The maximum absolute atomic E-state index is 12.6. The highest BCUT2D eigenvalue weighted by Crippen LogP contribution is 2.23. The van der Waals surface area contributed by atoms with E-state index in [-0.39, 0.29) is 5.69 Å². The molecule has 3 rings (SSSR count). The number of esters is 1. The van der Waals surface area contributed by atoms with Gasteiger partial charge in [-0.25, -0.2) is 14.3 Å². The van der Waals surface area contributed by atoms with Crippen LogP contribution in [0.4, 0.5) is 0 Å². The van der Waals surface area contributed by atoms with Gasteiger partial charge in [0.2, 0.25) is 0 Å². The van der Waals surface area contributed by atoms with Crippen LogP contribution in [0.2, 0.25) is 5.02 Å². The molecule has 2 aromatic rings. The Morgan fingerprint density at radius 3 is 3.05 bits per heavy atom. The minimum Gasteiger partial charge on any atom is -0.467 e. The molecule has 0 aliphatic carbocycles. The van der Waals surface area contributed by atoms with Gasteiger partial charge in [0.1, 0.15) is 11.9 Å². The van der Waals surface area contributed by atoms with Crippen molar-refractivity contribution < 1.29 is 9.53 Å². The van der Waals surface area contributed by atoms with Crippen molar-refractivity contribution in [3.05, 3.63) is 51.2 Å². The van der Waals surface area contributed by atoms with Crippen molar-refractivity contribution in [1.29, 1.82) is 0 Å². The van der Waals surface area contributed by atoms with Crippen LogP contribution in [-0.4, -0.2) is 27.4 Å². The fourth-order valence-corrected chi connectivity index (χ4v) is 3.01. The van der Waals surface area contributed by atoms with E-state index in [1.807, 2.05) is 12.1 Å². The third-order valence-electron chi connectivity index (χ3n) is 3.83. The van der Waals surface area contributed by atoms with Crippen LogP contribution in [0.5, 0.6) is 0 Å². The molecule has 6 nitrogen and oxygen atoms in total. The van der Waals surface area contributed by atoms with Crippen molar-refractivity contribution >= 4 is 17.6 Å². The lowest BCUT2D eigenvalue weighted by atomic mass is 10.1. The Labute approximate surface area is 132 Å². The molecule has 1 aliphatic heterocycles. The first kappa shape index (κ1) is 14.8. The fourth-order valence-electron chi connectivity index (χ4n) is 2.80. The Morgan fingerprint density at radius 1 is 1.50 bits per heavy atom. The molecule has 0 fully saturated rings. The molecule has 0 spiro atoms. The van der Waals surface area contributed by atoms with Crippen LogP contribution >= 0.6 is 11.6 Å². The quantitative estimate of drug-likeness (QED) is 0.808. The maximum atomic E-state index is 12.6. The van der Waals surface area contributed by atoms with Crippen molar-refractivity contribution in [2.45, 2.75) is 31.8 Å². The predicted octanol–water partition coefficient (Wildman–Crippen LogP) is 1.80. The molecular formula is C15H16ClN3O3. The van der Waals surface area contributed by atoms with E-state index in [1.54, 1.807) is 12.1 Å². The Balaban J connectivity index is 1.97. The summed E-state index contributed by atoms with van der Waals surface area (Å²) in [5, 5.41) is 4.97. The van der Waals surface area contributed by atoms with Crippen LogP contribution in [0, 0.1) is 0 Å². The van der Waals surface area contributed by atoms with Gasteiger partial charge < -0.3 is 4.74 Å². The van der Waals surface area contributed by atoms with Gasteiger partial charge in [0.25, 0.3) is 0 Å². The van der Waals surface area contributed by atoms with Crippen molar-refractivity contribution in [3.8, 4) is 0 Å². The van der Waals surface area contributed by atoms with Crippen LogP contribution in [0.25, 0.3) is 0 Å². The maximum Gasteiger partial charge on any atom is 0.347 e.